The molecule has 0 N–H and O–H groups in total. The van der Waals surface area contributed by atoms with Gasteiger partial charge in [-0.05, 0) is 33.2 Å². The van der Waals surface area contributed by atoms with Gasteiger partial charge in [-0.1, -0.05) is 6.42 Å². The van der Waals surface area contributed by atoms with E-state index in [9.17, 15) is 4.79 Å². The van der Waals surface area contributed by atoms with E-state index in [0.29, 0.717) is 11.6 Å². The topological polar surface area (TPSA) is 49.3 Å². The van der Waals surface area contributed by atoms with E-state index in [0.717, 1.165) is 31.2 Å². The Morgan fingerprint density at radius 2 is 2.10 bits per heavy atom. The van der Waals surface area contributed by atoms with Crippen molar-refractivity contribution in [2.75, 3.05) is 26.2 Å². The number of piperazine rings is 1. The Bertz CT molecular complexity index is 517. The number of carbonyl (C=O) groups is 1. The van der Waals surface area contributed by atoms with Gasteiger partial charge in [-0.15, -0.1) is 0 Å². The molecule has 108 valence electrons. The van der Waals surface area contributed by atoms with Crippen LogP contribution >= 0.6 is 0 Å². The van der Waals surface area contributed by atoms with Gasteiger partial charge in [0.2, 0.25) is 0 Å². The number of fused-ring (bicyclic) bond motifs is 1. The number of aryl methyl sites for hydroxylation is 2. The number of hydrogen-bond acceptors (Lipinski definition) is 4. The summed E-state index contributed by atoms with van der Waals surface area (Å²) in [5, 5.41) is 0. The van der Waals surface area contributed by atoms with Crippen molar-refractivity contribution in [3.63, 3.8) is 0 Å². The first-order chi connectivity index (χ1) is 9.65. The zero-order valence-corrected chi connectivity index (χ0v) is 12.3. The summed E-state index contributed by atoms with van der Waals surface area (Å²) in [5.74, 6) is 0.809. The molecule has 2 saturated heterocycles. The number of carbonyl (C=O) groups excluding carboxylic acids is 1. The molecule has 2 aliphatic heterocycles. The SMILES string of the molecule is Cc1ncc(C(=O)N2CCN3CCCCC3C2)c(C)n1. The maximum absolute atomic E-state index is 12.6. The third kappa shape index (κ3) is 2.54. The van der Waals surface area contributed by atoms with Crippen LogP contribution in [0.5, 0.6) is 0 Å². The summed E-state index contributed by atoms with van der Waals surface area (Å²) in [6.07, 6.45) is 5.48. The molecule has 0 aromatic carbocycles. The maximum Gasteiger partial charge on any atom is 0.257 e. The number of nitrogens with zero attached hydrogens (tertiary/aromatic N) is 4. The molecular weight excluding hydrogens is 252 g/mol. The fourth-order valence-corrected chi connectivity index (χ4v) is 3.30. The van der Waals surface area contributed by atoms with Crippen LogP contribution in [-0.4, -0.2) is 57.9 Å². The third-order valence-corrected chi connectivity index (χ3v) is 4.45. The molecule has 0 spiro atoms. The van der Waals surface area contributed by atoms with Crippen LogP contribution in [-0.2, 0) is 0 Å². The molecule has 1 amide bonds. The number of amides is 1. The lowest BCUT2D eigenvalue weighted by molar-refractivity contribution is 0.0371. The fraction of sp³-hybridized carbons (Fsp3) is 0.667. The fourth-order valence-electron chi connectivity index (χ4n) is 3.30. The molecule has 0 saturated carbocycles. The summed E-state index contributed by atoms with van der Waals surface area (Å²) < 4.78 is 0. The Morgan fingerprint density at radius 3 is 2.90 bits per heavy atom. The third-order valence-electron chi connectivity index (χ3n) is 4.45. The monoisotopic (exact) mass is 274 g/mol. The van der Waals surface area contributed by atoms with Gasteiger partial charge >= 0.3 is 0 Å². The van der Waals surface area contributed by atoms with Gasteiger partial charge in [-0.3, -0.25) is 9.69 Å². The highest BCUT2D eigenvalue weighted by molar-refractivity contribution is 5.95. The van der Waals surface area contributed by atoms with Gasteiger partial charge in [0.1, 0.15) is 5.82 Å². The van der Waals surface area contributed by atoms with Crippen LogP contribution in [0.25, 0.3) is 0 Å². The molecule has 5 heteroatoms. The van der Waals surface area contributed by atoms with E-state index < -0.39 is 0 Å². The molecule has 1 unspecified atom stereocenters. The Hall–Kier alpha value is -1.49. The summed E-state index contributed by atoms with van der Waals surface area (Å²) >= 11 is 0. The normalized spacial score (nSPS) is 23.5. The van der Waals surface area contributed by atoms with Gasteiger partial charge in [0, 0.05) is 31.9 Å². The lowest BCUT2D eigenvalue weighted by Gasteiger charge is -2.44. The number of piperidine rings is 1. The molecule has 2 fully saturated rings. The van der Waals surface area contributed by atoms with E-state index in [1.165, 1.54) is 25.8 Å². The van der Waals surface area contributed by atoms with Crippen LogP contribution in [0.4, 0.5) is 0 Å². The molecule has 20 heavy (non-hydrogen) atoms. The molecule has 3 rings (SSSR count). The second-order valence-corrected chi connectivity index (χ2v) is 5.85. The molecule has 1 atom stereocenters. The van der Waals surface area contributed by atoms with E-state index in [1.54, 1.807) is 6.20 Å². The van der Waals surface area contributed by atoms with Crippen LogP contribution in [0.3, 0.4) is 0 Å². The largest absolute Gasteiger partial charge is 0.336 e. The van der Waals surface area contributed by atoms with Gasteiger partial charge < -0.3 is 4.90 Å². The van der Waals surface area contributed by atoms with E-state index in [2.05, 4.69) is 14.9 Å². The second-order valence-electron chi connectivity index (χ2n) is 5.85. The maximum atomic E-state index is 12.6. The average Bonchev–Trinajstić information content (AvgIpc) is 2.46. The molecule has 5 nitrogen and oxygen atoms in total. The summed E-state index contributed by atoms with van der Waals surface area (Å²) in [7, 11) is 0. The first kappa shape index (κ1) is 13.5. The average molecular weight is 274 g/mol. The van der Waals surface area contributed by atoms with Crippen molar-refractivity contribution in [3.05, 3.63) is 23.3 Å². The Balaban J connectivity index is 1.74. The minimum Gasteiger partial charge on any atom is -0.336 e. The van der Waals surface area contributed by atoms with E-state index in [4.69, 9.17) is 0 Å². The molecular formula is C15H22N4O. The van der Waals surface area contributed by atoms with Gasteiger partial charge in [0.15, 0.2) is 0 Å². The second kappa shape index (κ2) is 5.48. The summed E-state index contributed by atoms with van der Waals surface area (Å²) in [5.41, 5.74) is 1.44. The van der Waals surface area contributed by atoms with Crippen molar-refractivity contribution in [3.8, 4) is 0 Å². The van der Waals surface area contributed by atoms with Crippen LogP contribution in [0.15, 0.2) is 6.20 Å². The van der Waals surface area contributed by atoms with Crippen molar-refractivity contribution in [2.24, 2.45) is 0 Å². The number of rotatable bonds is 1. The molecule has 0 radical (unpaired) electrons. The molecule has 2 aliphatic rings. The van der Waals surface area contributed by atoms with Gasteiger partial charge in [-0.2, -0.15) is 0 Å². The molecule has 0 bridgehead atoms. The Labute approximate surface area is 120 Å². The van der Waals surface area contributed by atoms with E-state index in [1.807, 2.05) is 18.7 Å². The van der Waals surface area contributed by atoms with Crippen LogP contribution in [0.2, 0.25) is 0 Å². The van der Waals surface area contributed by atoms with E-state index >= 15 is 0 Å². The predicted octanol–water partition coefficient (Wildman–Crippen LogP) is 1.40. The molecule has 3 heterocycles. The molecule has 1 aromatic rings. The highest BCUT2D eigenvalue weighted by Crippen LogP contribution is 2.22. The predicted molar refractivity (Wildman–Crippen MR) is 76.6 cm³/mol. The standard InChI is InChI=1S/C15H22N4O/c1-11-14(9-16-12(2)17-11)15(20)19-8-7-18-6-4-3-5-13(18)10-19/h9,13H,3-8,10H2,1-2H3. The van der Waals surface area contributed by atoms with Crippen LogP contribution in [0, 0.1) is 13.8 Å². The van der Waals surface area contributed by atoms with Crippen molar-refractivity contribution < 1.29 is 4.79 Å². The Kier molecular flexibility index (Phi) is 3.70. The summed E-state index contributed by atoms with van der Waals surface area (Å²) in [6.45, 7) is 7.61. The van der Waals surface area contributed by atoms with E-state index in [-0.39, 0.29) is 5.91 Å². The zero-order valence-electron chi connectivity index (χ0n) is 12.3. The molecule has 0 aliphatic carbocycles. The first-order valence-electron chi connectivity index (χ1n) is 7.49. The van der Waals surface area contributed by atoms with Crippen LogP contribution < -0.4 is 0 Å². The minimum atomic E-state index is 0.0905. The van der Waals surface area contributed by atoms with Gasteiger partial charge in [0.25, 0.3) is 5.91 Å². The van der Waals surface area contributed by atoms with Crippen molar-refractivity contribution in [2.45, 2.75) is 39.2 Å². The zero-order chi connectivity index (χ0) is 14.1. The highest BCUT2D eigenvalue weighted by atomic mass is 16.2. The Morgan fingerprint density at radius 1 is 1.25 bits per heavy atom. The number of hydrogen-bond donors (Lipinski definition) is 0. The highest BCUT2D eigenvalue weighted by Gasteiger charge is 2.31. The van der Waals surface area contributed by atoms with Crippen molar-refractivity contribution in [1.29, 1.82) is 0 Å². The summed E-state index contributed by atoms with van der Waals surface area (Å²) in [6, 6.07) is 0.549. The van der Waals surface area contributed by atoms with Crippen molar-refractivity contribution in [1.82, 2.24) is 19.8 Å². The van der Waals surface area contributed by atoms with Gasteiger partial charge in [-0.25, -0.2) is 9.97 Å². The van der Waals surface area contributed by atoms with Crippen LogP contribution in [0.1, 0.15) is 41.1 Å². The number of aromatic nitrogens is 2. The van der Waals surface area contributed by atoms with Crippen molar-refractivity contribution >= 4 is 5.91 Å². The molecule has 1 aromatic heterocycles. The lowest BCUT2D eigenvalue weighted by atomic mass is 9.99. The minimum absolute atomic E-state index is 0.0905. The lowest BCUT2D eigenvalue weighted by Crippen LogP contribution is -2.56. The van der Waals surface area contributed by atoms with Gasteiger partial charge in [0.05, 0.1) is 11.3 Å². The smallest absolute Gasteiger partial charge is 0.257 e. The quantitative estimate of drug-likeness (QED) is 0.777. The first-order valence-corrected chi connectivity index (χ1v) is 7.49. The summed E-state index contributed by atoms with van der Waals surface area (Å²) in [4.78, 5) is 25.6.